The first-order valence-corrected chi connectivity index (χ1v) is 8.86. The summed E-state index contributed by atoms with van der Waals surface area (Å²) in [5, 5.41) is 0. The molecule has 0 heterocycles. The van der Waals surface area contributed by atoms with Crippen molar-refractivity contribution in [1.82, 2.24) is 0 Å². The predicted molar refractivity (Wildman–Crippen MR) is 98.6 cm³/mol. The second-order valence-corrected chi connectivity index (χ2v) is 6.43. The van der Waals surface area contributed by atoms with Crippen LogP contribution in [0.4, 0.5) is 0 Å². The maximum absolute atomic E-state index is 2.33. The molecule has 0 radical (unpaired) electrons. The topological polar surface area (TPSA) is 0 Å². The standard InChI is InChI=1S/C22H30/c1-5-7-13-19-15-9-11-17(3)21(19)22-18(4)12-10-16-20(22)14-8-6-2/h9-12,15-16H,5-8,13-14H2,1-4H3. The smallest absolute Gasteiger partial charge is 0.0117 e. The highest BCUT2D eigenvalue weighted by atomic mass is 14.2. The van der Waals surface area contributed by atoms with Crippen molar-refractivity contribution in [2.24, 2.45) is 0 Å². The van der Waals surface area contributed by atoms with E-state index >= 15 is 0 Å². The number of benzene rings is 2. The molecule has 0 amide bonds. The van der Waals surface area contributed by atoms with E-state index in [2.05, 4.69) is 64.1 Å². The first kappa shape index (κ1) is 16.8. The van der Waals surface area contributed by atoms with Crippen LogP contribution in [0.3, 0.4) is 0 Å². The lowest BCUT2D eigenvalue weighted by Crippen LogP contribution is -1.99. The van der Waals surface area contributed by atoms with Gasteiger partial charge in [-0.3, -0.25) is 0 Å². The van der Waals surface area contributed by atoms with E-state index in [0.29, 0.717) is 0 Å². The molecular formula is C22H30. The Morgan fingerprint density at radius 2 is 1.05 bits per heavy atom. The van der Waals surface area contributed by atoms with Gasteiger partial charge in [-0.2, -0.15) is 0 Å². The molecule has 118 valence electrons. The van der Waals surface area contributed by atoms with E-state index in [1.54, 1.807) is 0 Å². The fraction of sp³-hybridized carbons (Fsp3) is 0.455. The number of unbranched alkanes of at least 4 members (excludes halogenated alkanes) is 2. The SMILES string of the molecule is CCCCc1cccc(C)c1-c1c(C)cccc1CCCC. The van der Waals surface area contributed by atoms with Crippen molar-refractivity contribution in [3.63, 3.8) is 0 Å². The van der Waals surface area contributed by atoms with Crippen molar-refractivity contribution in [3.05, 3.63) is 58.7 Å². The monoisotopic (exact) mass is 294 g/mol. The van der Waals surface area contributed by atoms with Crippen molar-refractivity contribution in [1.29, 1.82) is 0 Å². The fourth-order valence-corrected chi connectivity index (χ4v) is 3.32. The summed E-state index contributed by atoms with van der Waals surface area (Å²) in [6, 6.07) is 13.6. The first-order chi connectivity index (χ1) is 10.7. The Labute approximate surface area is 136 Å². The van der Waals surface area contributed by atoms with Gasteiger partial charge in [0.1, 0.15) is 0 Å². The van der Waals surface area contributed by atoms with Gasteiger partial charge in [-0.25, -0.2) is 0 Å². The molecule has 0 aliphatic carbocycles. The van der Waals surface area contributed by atoms with Crippen LogP contribution in [-0.2, 0) is 12.8 Å². The van der Waals surface area contributed by atoms with Crippen LogP contribution in [0.1, 0.15) is 61.8 Å². The molecule has 0 unspecified atom stereocenters. The molecule has 0 aromatic heterocycles. The molecule has 0 bridgehead atoms. The second-order valence-electron chi connectivity index (χ2n) is 6.43. The highest BCUT2D eigenvalue weighted by molar-refractivity contribution is 5.76. The van der Waals surface area contributed by atoms with Gasteiger partial charge in [0, 0.05) is 0 Å². The molecular weight excluding hydrogens is 264 g/mol. The van der Waals surface area contributed by atoms with E-state index in [-0.39, 0.29) is 0 Å². The van der Waals surface area contributed by atoms with Gasteiger partial charge in [-0.05, 0) is 72.9 Å². The van der Waals surface area contributed by atoms with E-state index in [0.717, 1.165) is 0 Å². The Balaban J connectivity index is 2.55. The Kier molecular flexibility index (Phi) is 6.24. The summed E-state index contributed by atoms with van der Waals surface area (Å²) in [7, 11) is 0. The van der Waals surface area contributed by atoms with E-state index < -0.39 is 0 Å². The lowest BCUT2D eigenvalue weighted by Gasteiger charge is -2.19. The summed E-state index contributed by atoms with van der Waals surface area (Å²) >= 11 is 0. The molecule has 2 rings (SSSR count). The molecule has 22 heavy (non-hydrogen) atoms. The largest absolute Gasteiger partial charge is 0.0654 e. The van der Waals surface area contributed by atoms with Crippen LogP contribution in [0.15, 0.2) is 36.4 Å². The molecule has 0 aliphatic rings. The zero-order valence-corrected chi connectivity index (χ0v) is 14.7. The second kappa shape index (κ2) is 8.17. The van der Waals surface area contributed by atoms with Crippen molar-refractivity contribution in [2.45, 2.75) is 66.2 Å². The number of hydrogen-bond donors (Lipinski definition) is 0. The third-order valence-corrected chi connectivity index (χ3v) is 4.57. The van der Waals surface area contributed by atoms with E-state index in [1.807, 2.05) is 0 Å². The summed E-state index contributed by atoms with van der Waals surface area (Å²) in [4.78, 5) is 0. The van der Waals surface area contributed by atoms with Gasteiger partial charge in [-0.15, -0.1) is 0 Å². The lowest BCUT2D eigenvalue weighted by atomic mass is 9.86. The third-order valence-electron chi connectivity index (χ3n) is 4.57. The summed E-state index contributed by atoms with van der Waals surface area (Å²) < 4.78 is 0. The van der Waals surface area contributed by atoms with Crippen molar-refractivity contribution in [3.8, 4) is 11.1 Å². The molecule has 2 aromatic carbocycles. The van der Waals surface area contributed by atoms with Crippen molar-refractivity contribution >= 4 is 0 Å². The Bertz CT molecular complexity index is 552. The highest BCUT2D eigenvalue weighted by Gasteiger charge is 2.14. The third kappa shape index (κ3) is 3.80. The number of aryl methyl sites for hydroxylation is 4. The minimum atomic E-state index is 1.19. The zero-order valence-electron chi connectivity index (χ0n) is 14.7. The van der Waals surface area contributed by atoms with Crippen LogP contribution in [-0.4, -0.2) is 0 Å². The van der Waals surface area contributed by atoms with Crippen LogP contribution in [0.2, 0.25) is 0 Å². The quantitative estimate of drug-likeness (QED) is 0.536. The molecule has 0 heteroatoms. The molecule has 0 fully saturated rings. The molecule has 2 aromatic rings. The van der Waals surface area contributed by atoms with Gasteiger partial charge < -0.3 is 0 Å². The van der Waals surface area contributed by atoms with Gasteiger partial charge in [0.2, 0.25) is 0 Å². The van der Waals surface area contributed by atoms with Crippen molar-refractivity contribution in [2.75, 3.05) is 0 Å². The highest BCUT2D eigenvalue weighted by Crippen LogP contribution is 2.34. The Morgan fingerprint density at radius 1 is 0.636 bits per heavy atom. The minimum absolute atomic E-state index is 1.19. The van der Waals surface area contributed by atoms with Crippen LogP contribution >= 0.6 is 0 Å². The van der Waals surface area contributed by atoms with E-state index in [1.165, 1.54) is 71.9 Å². The van der Waals surface area contributed by atoms with E-state index in [9.17, 15) is 0 Å². The fourth-order valence-electron chi connectivity index (χ4n) is 3.32. The Hall–Kier alpha value is -1.56. The van der Waals surface area contributed by atoms with Gasteiger partial charge in [0.15, 0.2) is 0 Å². The molecule has 0 saturated heterocycles. The number of hydrogen-bond acceptors (Lipinski definition) is 0. The van der Waals surface area contributed by atoms with Crippen LogP contribution in [0.25, 0.3) is 11.1 Å². The zero-order chi connectivity index (χ0) is 15.9. The minimum Gasteiger partial charge on any atom is -0.0654 e. The average Bonchev–Trinajstić information content (AvgIpc) is 2.52. The first-order valence-electron chi connectivity index (χ1n) is 8.86. The summed E-state index contributed by atoms with van der Waals surface area (Å²) in [5.41, 5.74) is 8.88. The van der Waals surface area contributed by atoms with Gasteiger partial charge in [0.25, 0.3) is 0 Å². The van der Waals surface area contributed by atoms with E-state index in [4.69, 9.17) is 0 Å². The summed E-state index contributed by atoms with van der Waals surface area (Å²) in [6.45, 7) is 9.08. The van der Waals surface area contributed by atoms with Crippen LogP contribution in [0, 0.1) is 13.8 Å². The number of rotatable bonds is 7. The molecule has 0 N–H and O–H groups in total. The van der Waals surface area contributed by atoms with Gasteiger partial charge in [0.05, 0.1) is 0 Å². The van der Waals surface area contributed by atoms with Gasteiger partial charge in [-0.1, -0.05) is 63.1 Å². The molecule has 0 aliphatic heterocycles. The molecule has 0 saturated carbocycles. The molecule has 0 nitrogen and oxygen atoms in total. The lowest BCUT2D eigenvalue weighted by molar-refractivity contribution is 0.790. The van der Waals surface area contributed by atoms with Crippen LogP contribution in [0.5, 0.6) is 0 Å². The van der Waals surface area contributed by atoms with Gasteiger partial charge >= 0.3 is 0 Å². The summed E-state index contributed by atoms with van der Waals surface area (Å²) in [6.07, 6.45) is 7.43. The van der Waals surface area contributed by atoms with Crippen LogP contribution < -0.4 is 0 Å². The van der Waals surface area contributed by atoms with Crippen molar-refractivity contribution < 1.29 is 0 Å². The Morgan fingerprint density at radius 3 is 1.41 bits per heavy atom. The maximum Gasteiger partial charge on any atom is -0.0117 e. The average molecular weight is 294 g/mol. The predicted octanol–water partition coefficient (Wildman–Crippen LogP) is 6.66. The molecule has 0 spiro atoms. The summed E-state index contributed by atoms with van der Waals surface area (Å²) in [5.74, 6) is 0. The maximum atomic E-state index is 2.33. The molecule has 0 atom stereocenters. The normalized spacial score (nSPS) is 10.9.